The number of ether oxygens (including phenoxy) is 3. The van der Waals surface area contributed by atoms with E-state index >= 15 is 0 Å². The Balaban J connectivity index is 4.47. The van der Waals surface area contributed by atoms with Crippen LogP contribution in [-0.4, -0.2) is 37.2 Å². The van der Waals surface area contributed by atoms with Gasteiger partial charge < -0.3 is 14.2 Å². The summed E-state index contributed by atoms with van der Waals surface area (Å²) in [7, 11) is 0. The standard InChI is InChI=1S/C54H92O6/c1-4-7-10-13-16-19-22-24-25-26-27-28-29-30-33-35-38-41-44-47-53(56)59-50-51(49-58-52(55)46-43-40-37-34-31-21-18-15-12-9-6-3)60-54(57)48-45-42-39-36-32-23-20-17-14-11-8-5-2/h15-16,18-19,24-25,27-28,30,33,38,41,51H,4-14,17,20-23,26,29,31-32,34-37,39-40,42-50H2,1-3H3/b18-15-,19-16-,25-24-,28-27-,33-30-,41-38-/t51-/m0/s1. The van der Waals surface area contributed by atoms with Crippen LogP contribution in [0, 0.1) is 0 Å². The molecule has 6 heteroatoms. The van der Waals surface area contributed by atoms with Gasteiger partial charge in [-0.3, -0.25) is 14.4 Å². The summed E-state index contributed by atoms with van der Waals surface area (Å²) < 4.78 is 16.7. The molecule has 0 N–H and O–H groups in total. The normalized spacial score (nSPS) is 12.7. The summed E-state index contributed by atoms with van der Waals surface area (Å²) in [5, 5.41) is 0. The lowest BCUT2D eigenvalue weighted by Gasteiger charge is -2.18. The Bertz CT molecular complexity index is 1140. The van der Waals surface area contributed by atoms with E-state index < -0.39 is 6.10 Å². The van der Waals surface area contributed by atoms with Gasteiger partial charge in [0.2, 0.25) is 0 Å². The van der Waals surface area contributed by atoms with E-state index in [4.69, 9.17) is 14.2 Å². The smallest absolute Gasteiger partial charge is 0.306 e. The quantitative estimate of drug-likeness (QED) is 0.0263. The molecule has 0 aliphatic rings. The molecule has 60 heavy (non-hydrogen) atoms. The van der Waals surface area contributed by atoms with Crippen LogP contribution < -0.4 is 0 Å². The van der Waals surface area contributed by atoms with E-state index in [1.165, 1.54) is 109 Å². The van der Waals surface area contributed by atoms with Crippen molar-refractivity contribution in [2.75, 3.05) is 13.2 Å². The fraction of sp³-hybridized carbons (Fsp3) is 0.722. The van der Waals surface area contributed by atoms with Crippen LogP contribution in [0.3, 0.4) is 0 Å². The van der Waals surface area contributed by atoms with Gasteiger partial charge in [-0.05, 0) is 77.0 Å². The highest BCUT2D eigenvalue weighted by Gasteiger charge is 2.19. The molecule has 344 valence electrons. The van der Waals surface area contributed by atoms with Crippen LogP contribution >= 0.6 is 0 Å². The predicted molar refractivity (Wildman–Crippen MR) is 256 cm³/mol. The molecule has 0 rings (SSSR count). The molecule has 6 nitrogen and oxygen atoms in total. The molecule has 0 radical (unpaired) electrons. The molecule has 0 aliphatic carbocycles. The lowest BCUT2D eigenvalue weighted by atomic mass is 10.0. The molecular formula is C54H92O6. The van der Waals surface area contributed by atoms with E-state index in [1.54, 1.807) is 0 Å². The van der Waals surface area contributed by atoms with E-state index in [1.807, 2.05) is 6.08 Å². The Kier molecular flexibility index (Phi) is 46.0. The molecule has 0 heterocycles. The summed E-state index contributed by atoms with van der Waals surface area (Å²) in [6, 6.07) is 0. The van der Waals surface area contributed by atoms with Crippen LogP contribution in [0.5, 0.6) is 0 Å². The lowest BCUT2D eigenvalue weighted by molar-refractivity contribution is -0.166. The van der Waals surface area contributed by atoms with Crippen LogP contribution in [0.25, 0.3) is 0 Å². The summed E-state index contributed by atoms with van der Waals surface area (Å²) in [4.78, 5) is 37.8. The van der Waals surface area contributed by atoms with Crippen molar-refractivity contribution in [1.82, 2.24) is 0 Å². The van der Waals surface area contributed by atoms with Crippen LogP contribution in [0.4, 0.5) is 0 Å². The van der Waals surface area contributed by atoms with Gasteiger partial charge in [-0.2, -0.15) is 0 Å². The Labute approximate surface area is 370 Å². The van der Waals surface area contributed by atoms with Gasteiger partial charge in [0.1, 0.15) is 13.2 Å². The first-order valence-electron chi connectivity index (χ1n) is 24.9. The van der Waals surface area contributed by atoms with Gasteiger partial charge in [0, 0.05) is 19.3 Å². The number of allylic oxidation sites excluding steroid dienone is 12. The maximum atomic E-state index is 12.7. The second-order valence-electron chi connectivity index (χ2n) is 16.4. The van der Waals surface area contributed by atoms with Crippen LogP contribution in [0.2, 0.25) is 0 Å². The molecule has 0 aromatic heterocycles. The van der Waals surface area contributed by atoms with Crippen molar-refractivity contribution >= 4 is 17.9 Å². The Morgan fingerprint density at radius 1 is 0.333 bits per heavy atom. The average Bonchev–Trinajstić information content (AvgIpc) is 3.24. The Morgan fingerprint density at radius 3 is 1.13 bits per heavy atom. The SMILES string of the molecule is CCCC/C=C\CCCCCCCC(=O)OC[C@@H](COC(=O)CC/C=C\C/C=C\C/C=C\C/C=C\C/C=C\CCCCC)OC(=O)CCCCCCCCCCCCCC. The van der Waals surface area contributed by atoms with Gasteiger partial charge in [-0.15, -0.1) is 0 Å². The molecule has 0 aromatic rings. The van der Waals surface area contributed by atoms with Crippen molar-refractivity contribution in [3.63, 3.8) is 0 Å². The monoisotopic (exact) mass is 837 g/mol. The highest BCUT2D eigenvalue weighted by molar-refractivity contribution is 5.71. The molecule has 0 aliphatic heterocycles. The number of rotatable bonds is 44. The van der Waals surface area contributed by atoms with Crippen molar-refractivity contribution in [3.05, 3.63) is 72.9 Å². The maximum absolute atomic E-state index is 12.7. The summed E-state index contributed by atoms with van der Waals surface area (Å²) >= 11 is 0. The topological polar surface area (TPSA) is 78.9 Å². The highest BCUT2D eigenvalue weighted by atomic mass is 16.6. The van der Waals surface area contributed by atoms with Crippen LogP contribution in [0.1, 0.15) is 233 Å². The number of hydrogen-bond acceptors (Lipinski definition) is 6. The average molecular weight is 837 g/mol. The van der Waals surface area contributed by atoms with Crippen molar-refractivity contribution in [3.8, 4) is 0 Å². The summed E-state index contributed by atoms with van der Waals surface area (Å²) in [6.07, 6.45) is 60.4. The first kappa shape index (κ1) is 56.9. The van der Waals surface area contributed by atoms with Crippen LogP contribution in [-0.2, 0) is 28.6 Å². The number of unbranched alkanes of at least 4 members (excludes halogenated alkanes) is 21. The van der Waals surface area contributed by atoms with E-state index in [-0.39, 0.29) is 37.5 Å². The number of carbonyl (C=O) groups is 3. The predicted octanol–water partition coefficient (Wildman–Crippen LogP) is 16.3. The Morgan fingerprint density at radius 2 is 0.650 bits per heavy atom. The first-order chi connectivity index (χ1) is 29.5. The molecule has 0 bridgehead atoms. The van der Waals surface area contributed by atoms with Crippen molar-refractivity contribution < 1.29 is 28.6 Å². The molecule has 1 atom stereocenters. The first-order valence-corrected chi connectivity index (χ1v) is 24.9. The minimum Gasteiger partial charge on any atom is -0.462 e. The molecule has 0 fully saturated rings. The zero-order valence-corrected chi connectivity index (χ0v) is 39.2. The van der Waals surface area contributed by atoms with Crippen molar-refractivity contribution in [2.24, 2.45) is 0 Å². The van der Waals surface area contributed by atoms with Crippen molar-refractivity contribution in [2.45, 2.75) is 239 Å². The molecular weight excluding hydrogens is 745 g/mol. The summed E-state index contributed by atoms with van der Waals surface area (Å²) in [5.74, 6) is -0.997. The molecule has 0 unspecified atom stereocenters. The fourth-order valence-corrected chi connectivity index (χ4v) is 6.64. The number of carbonyl (C=O) groups excluding carboxylic acids is 3. The minimum atomic E-state index is -0.805. The fourth-order valence-electron chi connectivity index (χ4n) is 6.64. The van der Waals surface area contributed by atoms with Crippen molar-refractivity contribution in [1.29, 1.82) is 0 Å². The van der Waals surface area contributed by atoms with E-state index in [0.717, 1.165) is 77.0 Å². The third-order valence-corrected chi connectivity index (χ3v) is 10.4. The summed E-state index contributed by atoms with van der Waals surface area (Å²) in [6.45, 7) is 6.49. The summed E-state index contributed by atoms with van der Waals surface area (Å²) in [5.41, 5.74) is 0. The van der Waals surface area contributed by atoms with E-state index in [0.29, 0.717) is 19.3 Å². The molecule has 0 aromatic carbocycles. The number of hydrogen-bond donors (Lipinski definition) is 0. The second kappa shape index (κ2) is 48.5. The Hall–Kier alpha value is -3.15. The number of esters is 3. The van der Waals surface area contributed by atoms with Gasteiger partial charge in [0.05, 0.1) is 0 Å². The minimum absolute atomic E-state index is 0.102. The van der Waals surface area contributed by atoms with Gasteiger partial charge in [-0.1, -0.05) is 209 Å². The van der Waals surface area contributed by atoms with Gasteiger partial charge in [0.25, 0.3) is 0 Å². The second-order valence-corrected chi connectivity index (χ2v) is 16.4. The molecule has 0 saturated heterocycles. The molecule has 0 amide bonds. The molecule has 0 saturated carbocycles. The highest BCUT2D eigenvalue weighted by Crippen LogP contribution is 2.14. The van der Waals surface area contributed by atoms with E-state index in [2.05, 4.69) is 87.6 Å². The van der Waals surface area contributed by atoms with Gasteiger partial charge in [0.15, 0.2) is 6.10 Å². The third-order valence-electron chi connectivity index (χ3n) is 10.4. The van der Waals surface area contributed by atoms with E-state index in [9.17, 15) is 14.4 Å². The molecule has 0 spiro atoms. The van der Waals surface area contributed by atoms with Crippen LogP contribution in [0.15, 0.2) is 72.9 Å². The zero-order chi connectivity index (χ0) is 43.7. The zero-order valence-electron chi connectivity index (χ0n) is 39.2. The third kappa shape index (κ3) is 45.9. The van der Waals surface area contributed by atoms with Gasteiger partial charge >= 0.3 is 17.9 Å². The van der Waals surface area contributed by atoms with Gasteiger partial charge in [-0.25, -0.2) is 0 Å². The lowest BCUT2D eigenvalue weighted by Crippen LogP contribution is -2.30. The largest absolute Gasteiger partial charge is 0.462 e. The maximum Gasteiger partial charge on any atom is 0.306 e.